The molecule has 0 bridgehead atoms. The van der Waals surface area contributed by atoms with E-state index in [-0.39, 0.29) is 24.1 Å². The standard InChI is InChI=1S/C38H46F2N8O4/c1-23(49)45-14-8-30-29(21-45)37(43-48(30)25-9-15-51-16-10-25)47-13-5-7-24-17-26(27(36(39)40)18-31(24)47)28-20-46(22-33(50)52-38(2,3)4)35-32(44-11-6-12-44)19-41-42-34(28)35/h17-20,25,36H,5-16,21-22H2,1-4H3. The number of carbonyl (C=O) groups is 2. The zero-order valence-corrected chi connectivity index (χ0v) is 30.3. The van der Waals surface area contributed by atoms with Gasteiger partial charge >= 0.3 is 5.97 Å². The molecule has 0 saturated carbocycles. The van der Waals surface area contributed by atoms with Gasteiger partial charge in [0.2, 0.25) is 5.91 Å². The smallest absolute Gasteiger partial charge is 0.326 e. The van der Waals surface area contributed by atoms with Crippen molar-refractivity contribution in [2.45, 2.75) is 97.4 Å². The van der Waals surface area contributed by atoms with Crippen molar-refractivity contribution >= 4 is 40.1 Å². The molecule has 4 aromatic rings. The van der Waals surface area contributed by atoms with Crippen molar-refractivity contribution in [3.8, 4) is 11.1 Å². The number of ether oxygens (including phenoxy) is 2. The topological polar surface area (TPSA) is 111 Å². The normalized spacial score (nSPS) is 18.1. The maximum absolute atomic E-state index is 15.3. The number of hydrogen-bond donors (Lipinski definition) is 0. The second-order valence-corrected chi connectivity index (χ2v) is 15.4. The number of rotatable bonds is 7. The van der Waals surface area contributed by atoms with E-state index in [1.54, 1.807) is 30.0 Å². The third-order valence-corrected chi connectivity index (χ3v) is 10.7. The Labute approximate surface area is 301 Å². The Morgan fingerprint density at radius 3 is 2.50 bits per heavy atom. The molecular weight excluding hydrogens is 670 g/mol. The number of alkyl halides is 2. The molecular formula is C38H46F2N8O4. The third kappa shape index (κ3) is 6.28. The summed E-state index contributed by atoms with van der Waals surface area (Å²) in [7, 11) is 0. The molecule has 0 aliphatic carbocycles. The summed E-state index contributed by atoms with van der Waals surface area (Å²) < 4.78 is 45.9. The van der Waals surface area contributed by atoms with E-state index in [0.29, 0.717) is 73.5 Å². The summed E-state index contributed by atoms with van der Waals surface area (Å²) in [6.45, 7) is 11.6. The maximum Gasteiger partial charge on any atom is 0.326 e. The van der Waals surface area contributed by atoms with Crippen LogP contribution in [-0.4, -0.2) is 86.3 Å². The van der Waals surface area contributed by atoms with Gasteiger partial charge in [0.05, 0.1) is 30.0 Å². The van der Waals surface area contributed by atoms with Crippen LogP contribution in [0.25, 0.3) is 22.2 Å². The third-order valence-electron chi connectivity index (χ3n) is 10.7. The molecule has 0 unspecified atom stereocenters. The van der Waals surface area contributed by atoms with Gasteiger partial charge in [-0.15, -0.1) is 5.10 Å². The highest BCUT2D eigenvalue weighted by Gasteiger charge is 2.35. The first-order chi connectivity index (χ1) is 25.0. The number of esters is 1. The minimum Gasteiger partial charge on any atom is -0.459 e. The van der Waals surface area contributed by atoms with Gasteiger partial charge in [-0.3, -0.25) is 14.3 Å². The summed E-state index contributed by atoms with van der Waals surface area (Å²) >= 11 is 0. The summed E-state index contributed by atoms with van der Waals surface area (Å²) in [4.78, 5) is 31.7. The van der Waals surface area contributed by atoms with E-state index in [4.69, 9.17) is 14.6 Å². The van der Waals surface area contributed by atoms with Crippen LogP contribution in [-0.2, 0) is 45.0 Å². The second kappa shape index (κ2) is 13.4. The van der Waals surface area contributed by atoms with Crippen LogP contribution in [0.4, 0.5) is 26.0 Å². The van der Waals surface area contributed by atoms with Crippen LogP contribution in [0.5, 0.6) is 0 Å². The predicted molar refractivity (Wildman–Crippen MR) is 192 cm³/mol. The SMILES string of the molecule is CC(=O)N1CCc2c(c(N3CCCc4cc(-c5cn(CC(=O)OC(C)(C)C)c6c(N7CCC7)cnnc56)c(C(F)F)cc43)nn2C2CCOCC2)C1. The van der Waals surface area contributed by atoms with Crippen molar-refractivity contribution in [3.63, 3.8) is 0 Å². The Morgan fingerprint density at radius 1 is 1.02 bits per heavy atom. The van der Waals surface area contributed by atoms with Crippen LogP contribution >= 0.6 is 0 Å². The van der Waals surface area contributed by atoms with Gasteiger partial charge in [-0.25, -0.2) is 8.78 Å². The number of benzene rings is 1. The number of anilines is 3. The van der Waals surface area contributed by atoms with Crippen molar-refractivity contribution in [2.24, 2.45) is 0 Å². The van der Waals surface area contributed by atoms with Crippen LogP contribution in [0.3, 0.4) is 0 Å². The molecule has 276 valence electrons. The fourth-order valence-electron chi connectivity index (χ4n) is 8.17. The van der Waals surface area contributed by atoms with E-state index < -0.39 is 18.0 Å². The first-order valence-electron chi connectivity index (χ1n) is 18.4. The molecule has 4 aliphatic rings. The molecule has 1 amide bonds. The van der Waals surface area contributed by atoms with Crippen LogP contribution in [0.15, 0.2) is 24.5 Å². The van der Waals surface area contributed by atoms with Gasteiger partial charge < -0.3 is 28.7 Å². The van der Waals surface area contributed by atoms with Gasteiger partial charge in [0.25, 0.3) is 6.43 Å². The van der Waals surface area contributed by atoms with Gasteiger partial charge in [-0.2, -0.15) is 10.2 Å². The number of halogens is 2. The van der Waals surface area contributed by atoms with Crippen molar-refractivity contribution in [1.29, 1.82) is 0 Å². The van der Waals surface area contributed by atoms with Crippen molar-refractivity contribution in [1.82, 2.24) is 29.4 Å². The molecule has 52 heavy (non-hydrogen) atoms. The van der Waals surface area contributed by atoms with E-state index in [2.05, 4.69) is 24.7 Å². The van der Waals surface area contributed by atoms with Gasteiger partial charge in [0.1, 0.15) is 17.7 Å². The van der Waals surface area contributed by atoms with Crippen LogP contribution in [0, 0.1) is 0 Å². The molecule has 0 spiro atoms. The fraction of sp³-hybridized carbons (Fsp3) is 0.553. The van der Waals surface area contributed by atoms with Crippen LogP contribution in [0.2, 0.25) is 0 Å². The zero-order chi connectivity index (χ0) is 36.3. The lowest BCUT2D eigenvalue weighted by Crippen LogP contribution is -2.37. The van der Waals surface area contributed by atoms with Gasteiger partial charge in [0.15, 0.2) is 5.82 Å². The van der Waals surface area contributed by atoms with Crippen molar-refractivity contribution < 1.29 is 27.8 Å². The Hall–Kier alpha value is -4.59. The van der Waals surface area contributed by atoms with Gasteiger partial charge in [-0.05, 0) is 76.1 Å². The molecule has 3 aromatic heterocycles. The molecule has 0 radical (unpaired) electrons. The second-order valence-electron chi connectivity index (χ2n) is 15.4. The molecule has 12 nitrogen and oxygen atoms in total. The molecule has 2 saturated heterocycles. The summed E-state index contributed by atoms with van der Waals surface area (Å²) in [5.41, 5.74) is 5.77. The number of aryl methyl sites for hydroxylation is 1. The molecule has 0 atom stereocenters. The Bertz CT molecular complexity index is 2020. The van der Waals surface area contributed by atoms with Crippen LogP contribution < -0.4 is 9.80 Å². The summed E-state index contributed by atoms with van der Waals surface area (Å²) in [5, 5.41) is 14.0. The summed E-state index contributed by atoms with van der Waals surface area (Å²) in [6.07, 6.45) is 5.57. The first-order valence-corrected chi connectivity index (χ1v) is 18.4. The van der Waals surface area contributed by atoms with E-state index in [1.807, 2.05) is 31.7 Å². The summed E-state index contributed by atoms with van der Waals surface area (Å²) in [6, 6.07) is 3.67. The monoisotopic (exact) mass is 716 g/mol. The van der Waals surface area contributed by atoms with E-state index in [9.17, 15) is 9.59 Å². The average Bonchev–Trinajstić information content (AvgIpc) is 3.65. The lowest BCUT2D eigenvalue weighted by atomic mass is 9.92. The molecule has 4 aliphatic heterocycles. The van der Waals surface area contributed by atoms with Crippen molar-refractivity contribution in [2.75, 3.05) is 49.2 Å². The van der Waals surface area contributed by atoms with Gasteiger partial charge in [-0.1, -0.05) is 0 Å². The number of hydrogen-bond acceptors (Lipinski definition) is 9. The number of amides is 1. The largest absolute Gasteiger partial charge is 0.459 e. The number of aromatic nitrogens is 5. The van der Waals surface area contributed by atoms with Crippen molar-refractivity contribution in [3.05, 3.63) is 46.9 Å². The Balaban J connectivity index is 1.25. The van der Waals surface area contributed by atoms with Gasteiger partial charge in [0, 0.05) is 87.0 Å². The Kier molecular flexibility index (Phi) is 8.91. The average molecular weight is 717 g/mol. The van der Waals surface area contributed by atoms with Crippen LogP contribution in [0.1, 0.15) is 88.2 Å². The maximum atomic E-state index is 15.3. The lowest BCUT2D eigenvalue weighted by Gasteiger charge is -2.33. The molecule has 0 N–H and O–H groups in total. The molecule has 1 aromatic carbocycles. The fourth-order valence-corrected chi connectivity index (χ4v) is 8.17. The number of carbonyl (C=O) groups excluding carboxylic acids is 2. The lowest BCUT2D eigenvalue weighted by molar-refractivity contribution is -0.155. The minimum absolute atomic E-state index is 0.00489. The molecule has 7 heterocycles. The predicted octanol–water partition coefficient (Wildman–Crippen LogP) is 6.12. The molecule has 8 rings (SSSR count). The number of nitrogens with zero attached hydrogens (tertiary/aromatic N) is 8. The summed E-state index contributed by atoms with van der Waals surface area (Å²) in [5.74, 6) is 0.315. The Morgan fingerprint density at radius 2 is 1.81 bits per heavy atom. The number of fused-ring (bicyclic) bond motifs is 3. The first kappa shape index (κ1) is 34.5. The van der Waals surface area contributed by atoms with E-state index >= 15 is 8.78 Å². The quantitative estimate of drug-likeness (QED) is 0.209. The highest BCUT2D eigenvalue weighted by Crippen LogP contribution is 2.45. The highest BCUT2D eigenvalue weighted by molar-refractivity contribution is 6.01. The molecule has 14 heteroatoms. The van der Waals surface area contributed by atoms with E-state index in [0.717, 1.165) is 67.1 Å². The zero-order valence-electron chi connectivity index (χ0n) is 30.3. The van der Waals surface area contributed by atoms with E-state index in [1.165, 1.54) is 0 Å². The highest BCUT2D eigenvalue weighted by atomic mass is 19.3. The molecule has 2 fully saturated rings. The minimum atomic E-state index is -2.79.